The molecule has 1 aliphatic carbocycles. The highest BCUT2D eigenvalue weighted by Gasteiger charge is 2.21. The lowest BCUT2D eigenvalue weighted by atomic mass is 9.94. The van der Waals surface area contributed by atoms with Crippen LogP contribution in [0.2, 0.25) is 0 Å². The summed E-state index contributed by atoms with van der Waals surface area (Å²) in [6.07, 6.45) is 6.23. The van der Waals surface area contributed by atoms with E-state index in [1.54, 1.807) is 6.07 Å². The van der Waals surface area contributed by atoms with Gasteiger partial charge in [-0.3, -0.25) is 0 Å². The van der Waals surface area contributed by atoms with E-state index in [1.807, 2.05) is 36.4 Å². The maximum atomic E-state index is 10.4. The zero-order valence-corrected chi connectivity index (χ0v) is 26.3. The first-order valence-electron chi connectivity index (χ1n) is 16.2. The first-order chi connectivity index (χ1) is 24.2. The second-order valence-corrected chi connectivity index (χ2v) is 12.2. The van der Waals surface area contributed by atoms with Gasteiger partial charge in [-0.15, -0.1) is 0 Å². The third-order valence-electron chi connectivity index (χ3n) is 9.50. The Morgan fingerprint density at radius 3 is 1.67 bits per heavy atom. The number of hydrogen-bond donors (Lipinski definition) is 0. The van der Waals surface area contributed by atoms with Crippen molar-refractivity contribution in [1.82, 2.24) is 9.13 Å². The van der Waals surface area contributed by atoms with Gasteiger partial charge in [0.15, 0.2) is 0 Å². The summed E-state index contributed by atoms with van der Waals surface area (Å²) in [4.78, 5) is 0. The predicted octanol–water partition coefficient (Wildman–Crippen LogP) is 10.5. The summed E-state index contributed by atoms with van der Waals surface area (Å²) in [6.45, 7) is 0. The molecule has 9 rings (SSSR count). The highest BCUT2D eigenvalue weighted by Crippen LogP contribution is 2.39. The number of nitriles is 2. The Hall–Kier alpha value is -7.06. The highest BCUT2D eigenvalue weighted by atomic mass is 15.0. The standard InChI is InChI=1S/C45H26N4/c46-28-30-25-34(29-47)45(49-43-19-9-5-15-38(43)39-16-6-10-20-44(39)49)40(26-30)32-23-21-31(22-24-32)33-11-1-2-12-35(27-33)48-41-17-7-3-13-36(41)37-14-4-8-18-42(37)48/h1,3-11,13-27,35H. The zero-order valence-electron chi connectivity index (χ0n) is 26.3. The van der Waals surface area contributed by atoms with Crippen LogP contribution in [-0.2, 0) is 0 Å². The molecule has 8 aromatic rings. The average Bonchev–Trinajstić information content (AvgIpc) is 3.55. The van der Waals surface area contributed by atoms with Crippen molar-refractivity contribution in [2.75, 3.05) is 0 Å². The van der Waals surface area contributed by atoms with E-state index in [1.165, 1.54) is 10.8 Å². The molecular weight excluding hydrogens is 597 g/mol. The van der Waals surface area contributed by atoms with E-state index in [4.69, 9.17) is 0 Å². The first kappa shape index (κ1) is 28.2. The normalized spacial score (nSPS) is 13.9. The smallest absolute Gasteiger partial charge is 0.115 e. The molecule has 4 heteroatoms. The summed E-state index contributed by atoms with van der Waals surface area (Å²) >= 11 is 0. The molecule has 0 fully saturated rings. The van der Waals surface area contributed by atoms with Gasteiger partial charge in [0.1, 0.15) is 12.1 Å². The van der Waals surface area contributed by atoms with Crippen LogP contribution < -0.4 is 0 Å². The molecule has 0 radical (unpaired) electrons. The van der Waals surface area contributed by atoms with Gasteiger partial charge in [-0.25, -0.2) is 0 Å². The molecule has 1 unspecified atom stereocenters. The van der Waals surface area contributed by atoms with Crippen LogP contribution >= 0.6 is 0 Å². The maximum absolute atomic E-state index is 10.4. The summed E-state index contributed by atoms with van der Waals surface area (Å²) in [5.74, 6) is 6.73. The fourth-order valence-corrected chi connectivity index (χ4v) is 7.37. The predicted molar refractivity (Wildman–Crippen MR) is 199 cm³/mol. The summed E-state index contributed by atoms with van der Waals surface area (Å²) in [5.41, 5.74) is 9.83. The van der Waals surface area contributed by atoms with Crippen molar-refractivity contribution in [2.24, 2.45) is 0 Å². The molecule has 0 saturated heterocycles. The minimum absolute atomic E-state index is 0.165. The Kier molecular flexibility index (Phi) is 6.51. The maximum Gasteiger partial charge on any atom is 0.115 e. The number of rotatable bonds is 4. The zero-order chi connectivity index (χ0) is 32.9. The largest absolute Gasteiger partial charge is 0.322 e. The van der Waals surface area contributed by atoms with Crippen LogP contribution in [0.3, 0.4) is 0 Å². The Morgan fingerprint density at radius 2 is 1.10 bits per heavy atom. The van der Waals surface area contributed by atoms with Crippen molar-refractivity contribution in [3.05, 3.63) is 168 Å². The number of benzene rings is 6. The Labute approximate surface area is 283 Å². The number of fused-ring (bicyclic) bond motifs is 6. The molecule has 2 heterocycles. The third-order valence-corrected chi connectivity index (χ3v) is 9.50. The second-order valence-electron chi connectivity index (χ2n) is 12.2. The van der Waals surface area contributed by atoms with Gasteiger partial charge in [-0.1, -0.05) is 109 Å². The van der Waals surface area contributed by atoms with Crippen molar-refractivity contribution in [1.29, 1.82) is 10.5 Å². The van der Waals surface area contributed by atoms with Crippen LogP contribution in [0.25, 0.3) is 66.0 Å². The average molecular weight is 623 g/mol. The number of para-hydroxylation sites is 4. The fourth-order valence-electron chi connectivity index (χ4n) is 7.37. The molecule has 0 spiro atoms. The van der Waals surface area contributed by atoms with E-state index in [2.05, 4.69) is 142 Å². The van der Waals surface area contributed by atoms with Crippen LogP contribution in [0.15, 0.2) is 152 Å². The summed E-state index contributed by atoms with van der Waals surface area (Å²) in [6, 6.07) is 50.0. The first-order valence-corrected chi connectivity index (χ1v) is 16.2. The minimum atomic E-state index is -0.165. The van der Waals surface area contributed by atoms with Gasteiger partial charge >= 0.3 is 0 Å². The molecule has 226 valence electrons. The van der Waals surface area contributed by atoms with Gasteiger partial charge in [-0.05, 0) is 71.3 Å². The SMILES string of the molecule is N#Cc1cc(C#N)c(-n2c3ccccc3c3ccccc32)c(-c2ccc(C3=CC(n4c5ccccc5c5ccccc54)C#CC=C3)cc2)c1. The fraction of sp³-hybridized carbons (Fsp3) is 0.0222. The molecule has 6 aromatic carbocycles. The lowest BCUT2D eigenvalue weighted by Crippen LogP contribution is -2.04. The van der Waals surface area contributed by atoms with Crippen molar-refractivity contribution < 1.29 is 0 Å². The van der Waals surface area contributed by atoms with E-state index in [-0.39, 0.29) is 6.04 Å². The van der Waals surface area contributed by atoms with E-state index in [9.17, 15) is 10.5 Å². The molecule has 2 aromatic heterocycles. The minimum Gasteiger partial charge on any atom is -0.322 e. The molecule has 0 saturated carbocycles. The molecule has 0 amide bonds. The van der Waals surface area contributed by atoms with Crippen LogP contribution in [-0.4, -0.2) is 9.13 Å². The van der Waals surface area contributed by atoms with Crippen LogP contribution in [0.1, 0.15) is 22.7 Å². The van der Waals surface area contributed by atoms with Crippen molar-refractivity contribution >= 4 is 49.2 Å². The molecule has 0 N–H and O–H groups in total. The number of aromatic nitrogens is 2. The number of nitrogens with zero attached hydrogens (tertiary/aromatic N) is 4. The molecule has 1 aliphatic rings. The quantitative estimate of drug-likeness (QED) is 0.183. The van der Waals surface area contributed by atoms with Crippen LogP contribution in [0.4, 0.5) is 0 Å². The highest BCUT2D eigenvalue weighted by molar-refractivity contribution is 6.10. The molecular formula is C45H26N4. The Morgan fingerprint density at radius 1 is 0.571 bits per heavy atom. The molecule has 0 aliphatic heterocycles. The van der Waals surface area contributed by atoms with E-state index < -0.39 is 0 Å². The molecule has 49 heavy (non-hydrogen) atoms. The van der Waals surface area contributed by atoms with Crippen molar-refractivity contribution in [2.45, 2.75) is 6.04 Å². The molecule has 4 nitrogen and oxygen atoms in total. The summed E-state index contributed by atoms with van der Waals surface area (Å²) < 4.78 is 4.49. The van der Waals surface area contributed by atoms with Crippen LogP contribution in [0, 0.1) is 34.5 Å². The van der Waals surface area contributed by atoms with Crippen LogP contribution in [0.5, 0.6) is 0 Å². The van der Waals surface area contributed by atoms with Gasteiger partial charge < -0.3 is 9.13 Å². The van der Waals surface area contributed by atoms with Gasteiger partial charge in [-0.2, -0.15) is 10.5 Å². The van der Waals surface area contributed by atoms with Crippen molar-refractivity contribution in [3.8, 4) is 40.8 Å². The van der Waals surface area contributed by atoms with E-state index in [0.29, 0.717) is 11.1 Å². The number of hydrogen-bond acceptors (Lipinski definition) is 2. The lowest BCUT2D eigenvalue weighted by molar-refractivity contribution is 0.808. The second kappa shape index (κ2) is 11.3. The van der Waals surface area contributed by atoms with Crippen molar-refractivity contribution in [3.63, 3.8) is 0 Å². The Bertz CT molecular complexity index is 2740. The van der Waals surface area contributed by atoms with Gasteiger partial charge in [0.2, 0.25) is 0 Å². The molecule has 0 bridgehead atoms. The Balaban J connectivity index is 1.19. The molecule has 1 atom stereocenters. The third kappa shape index (κ3) is 4.46. The number of allylic oxidation sites excluding steroid dienone is 4. The van der Waals surface area contributed by atoms with E-state index >= 15 is 0 Å². The topological polar surface area (TPSA) is 57.4 Å². The van der Waals surface area contributed by atoms with Gasteiger partial charge in [0, 0.05) is 27.1 Å². The summed E-state index contributed by atoms with van der Waals surface area (Å²) in [5, 5.41) is 25.1. The monoisotopic (exact) mass is 622 g/mol. The lowest BCUT2D eigenvalue weighted by Gasteiger charge is -2.17. The summed E-state index contributed by atoms with van der Waals surface area (Å²) in [7, 11) is 0. The van der Waals surface area contributed by atoms with Gasteiger partial charge in [0.05, 0.1) is 45.0 Å². The van der Waals surface area contributed by atoms with E-state index in [0.717, 1.165) is 60.8 Å². The van der Waals surface area contributed by atoms with Gasteiger partial charge in [0.25, 0.3) is 0 Å².